The molecule has 1 aromatic heterocycles. The Morgan fingerprint density at radius 3 is 2.26 bits per heavy atom. The van der Waals surface area contributed by atoms with Gasteiger partial charge in [0.25, 0.3) is 0 Å². The van der Waals surface area contributed by atoms with Crippen LogP contribution in [0.5, 0.6) is 0 Å². The Morgan fingerprint density at radius 1 is 0.923 bits per heavy atom. The number of allylic oxidation sites excluding steroid dienone is 4. The average Bonchev–Trinajstić information content (AvgIpc) is 3.18. The molecule has 1 saturated carbocycles. The molecule has 2 heterocycles. The molecule has 0 N–H and O–H groups in total. The van der Waals surface area contributed by atoms with Gasteiger partial charge in [0.2, 0.25) is 0 Å². The Kier molecular flexibility index (Phi) is 6.21. The molecule has 0 bridgehead atoms. The molecule has 13 heteroatoms. The van der Waals surface area contributed by atoms with Crippen LogP contribution in [0.25, 0.3) is 5.69 Å². The smallest absolute Gasteiger partial charge is 0.291 e. The number of halogens is 6. The monoisotopic (exact) mass is 671 g/mol. The lowest BCUT2D eigenvalue weighted by Gasteiger charge is -2.54. The lowest BCUT2D eigenvalue weighted by molar-refractivity contribution is -0.128. The van der Waals surface area contributed by atoms with Crippen LogP contribution >= 0.6 is 62.3 Å². The second-order valence-electron chi connectivity index (χ2n) is 9.49. The maximum atomic E-state index is 14.2. The van der Waals surface area contributed by atoms with E-state index >= 15 is 0 Å². The van der Waals surface area contributed by atoms with Crippen molar-refractivity contribution in [1.29, 1.82) is 0 Å². The van der Waals surface area contributed by atoms with Gasteiger partial charge < -0.3 is 0 Å². The number of para-hydroxylation sites is 1. The summed E-state index contributed by atoms with van der Waals surface area (Å²) in [7, 11) is 0. The summed E-state index contributed by atoms with van der Waals surface area (Å²) in [5.41, 5.74) is -0.115. The van der Waals surface area contributed by atoms with Crippen molar-refractivity contribution in [3.05, 3.63) is 107 Å². The number of nitrogens with zero attached hydrogens (tertiary/aromatic N) is 3. The van der Waals surface area contributed by atoms with Gasteiger partial charge >= 0.3 is 11.4 Å². The van der Waals surface area contributed by atoms with E-state index in [-0.39, 0.29) is 17.4 Å². The largest absolute Gasteiger partial charge is 0.352 e. The van der Waals surface area contributed by atoms with Crippen molar-refractivity contribution in [3.8, 4) is 5.69 Å². The normalized spacial score (nSPS) is 28.1. The van der Waals surface area contributed by atoms with E-state index in [1.807, 2.05) is 0 Å². The van der Waals surface area contributed by atoms with E-state index in [1.165, 1.54) is 27.6 Å². The topological polar surface area (TPSA) is 83.1 Å². The molecule has 2 aromatic carbocycles. The van der Waals surface area contributed by atoms with Crippen LogP contribution in [0.2, 0.25) is 0 Å². The molecule has 3 aliphatic rings. The average molecular weight is 674 g/mol. The number of carbonyl (C=O) groups excluding carboxylic acids is 2. The van der Waals surface area contributed by atoms with Crippen molar-refractivity contribution < 1.29 is 14.0 Å². The molecule has 2 aliphatic carbocycles. The first-order chi connectivity index (χ1) is 18.4. The molecule has 4 atom stereocenters. The van der Waals surface area contributed by atoms with Crippen molar-refractivity contribution in [2.45, 2.75) is 34.7 Å². The molecule has 0 amide bonds. The molecule has 1 unspecified atom stereocenters. The van der Waals surface area contributed by atoms with Gasteiger partial charge in [-0.2, -0.15) is 0 Å². The van der Waals surface area contributed by atoms with E-state index in [0.717, 1.165) is 4.57 Å². The van der Waals surface area contributed by atoms with E-state index in [1.54, 1.807) is 36.4 Å². The molecule has 6 rings (SSSR count). The number of Topliss-reactive ketones (excluding diaryl/α,β-unsaturated/α-hetero) is 2. The van der Waals surface area contributed by atoms with Gasteiger partial charge in [0, 0.05) is 12.3 Å². The minimum atomic E-state index is -2.17. The van der Waals surface area contributed by atoms with Gasteiger partial charge in [-0.3, -0.25) is 9.59 Å². The molecule has 39 heavy (non-hydrogen) atoms. The minimum absolute atomic E-state index is 0.0344. The second kappa shape index (κ2) is 9.04. The van der Waals surface area contributed by atoms with Crippen LogP contribution in [0.4, 0.5) is 4.39 Å². The quantitative estimate of drug-likeness (QED) is 0.278. The fourth-order valence-electron chi connectivity index (χ4n) is 5.83. The predicted molar refractivity (Wildman–Crippen MR) is 149 cm³/mol. The maximum Gasteiger partial charge on any atom is 0.352 e. The first kappa shape index (κ1) is 26.8. The molecule has 1 fully saturated rings. The summed E-state index contributed by atoms with van der Waals surface area (Å²) in [5.74, 6) is -3.46. The van der Waals surface area contributed by atoms with Crippen molar-refractivity contribution in [2.75, 3.05) is 0 Å². The van der Waals surface area contributed by atoms with E-state index in [2.05, 4.69) is 15.9 Å². The molecule has 7 nitrogen and oxygen atoms in total. The van der Waals surface area contributed by atoms with E-state index < -0.39 is 60.5 Å². The number of carbonyl (C=O) groups is 2. The molecule has 0 radical (unpaired) electrons. The molecule has 0 saturated heterocycles. The molecular formula is C26H15BrCl4FN3O4. The molecule has 1 aliphatic heterocycles. The van der Waals surface area contributed by atoms with Crippen molar-refractivity contribution in [2.24, 2.45) is 0 Å². The van der Waals surface area contributed by atoms with E-state index in [9.17, 15) is 23.6 Å². The lowest BCUT2D eigenvalue weighted by atomic mass is 9.59. The highest BCUT2D eigenvalue weighted by Gasteiger charge is 2.71. The summed E-state index contributed by atoms with van der Waals surface area (Å²) in [6.07, 6.45) is 1.33. The Bertz CT molecular complexity index is 1800. The third-order valence-electron chi connectivity index (χ3n) is 7.59. The van der Waals surface area contributed by atoms with E-state index in [4.69, 9.17) is 46.4 Å². The fourth-order valence-corrected chi connectivity index (χ4v) is 7.75. The van der Waals surface area contributed by atoms with Crippen molar-refractivity contribution >= 4 is 73.9 Å². The Labute approximate surface area is 248 Å². The summed E-state index contributed by atoms with van der Waals surface area (Å²) < 4.78 is 17.8. The highest BCUT2D eigenvalue weighted by Crippen LogP contribution is 2.63. The summed E-state index contributed by atoms with van der Waals surface area (Å²) in [6, 6.07) is 11.4. The SMILES string of the molecule is O=C1C(Cl)=C(Cl)C(=O)[C@@]2(Cl)[C@@H](c3ccc(F)c(Br)c3)C3=CCn4c(=O)n(-c5ccccc5)c(=O)n4C3C[C@@]12Cl. The number of alkyl halides is 2. The van der Waals surface area contributed by atoms with Gasteiger partial charge in [-0.25, -0.2) is 27.9 Å². The van der Waals surface area contributed by atoms with Crippen LogP contribution < -0.4 is 11.4 Å². The highest BCUT2D eigenvalue weighted by atomic mass is 79.9. The lowest BCUT2D eigenvalue weighted by Crippen LogP contribution is -2.67. The zero-order chi connectivity index (χ0) is 28.0. The van der Waals surface area contributed by atoms with E-state index in [0.29, 0.717) is 16.8 Å². The zero-order valence-corrected chi connectivity index (χ0v) is 24.1. The summed E-state index contributed by atoms with van der Waals surface area (Å²) in [6.45, 7) is -0.0344. The fraction of sp³-hybridized carbons (Fsp3) is 0.231. The summed E-state index contributed by atoms with van der Waals surface area (Å²) in [5, 5.41) is -1.12. The Hall–Kier alpha value is -2.43. The number of hydrogen-bond donors (Lipinski definition) is 0. The third-order valence-corrected chi connectivity index (χ3v) is 10.5. The van der Waals surface area contributed by atoms with Crippen LogP contribution in [-0.2, 0) is 16.1 Å². The van der Waals surface area contributed by atoms with Gasteiger partial charge in [-0.05, 0) is 51.3 Å². The standard InChI is InChI=1S/C26H15BrCl4FN3O4/c27-15-10-12(6-7-16(15)32)18-14-8-9-33-23(38)34(13-4-2-1-3-5-13)24(39)35(33)17(14)11-25(30)21(36)19(28)20(29)22(37)26(18,25)31/h1-8,10,17-18H,9,11H2/t17?,18-,25+,26-/m0/s1. The van der Waals surface area contributed by atoms with Crippen LogP contribution in [0, 0.1) is 5.82 Å². The van der Waals surface area contributed by atoms with Gasteiger partial charge in [0.05, 0.1) is 22.7 Å². The Balaban J connectivity index is 1.65. The third kappa shape index (κ3) is 3.46. The van der Waals surface area contributed by atoms with Crippen LogP contribution in [0.15, 0.2) is 84.3 Å². The van der Waals surface area contributed by atoms with Crippen LogP contribution in [0.1, 0.15) is 23.9 Å². The first-order valence-electron chi connectivity index (χ1n) is 11.6. The van der Waals surface area contributed by atoms with Gasteiger partial charge in [-0.1, -0.05) is 53.5 Å². The number of hydrogen-bond acceptors (Lipinski definition) is 4. The van der Waals surface area contributed by atoms with Crippen LogP contribution in [-0.4, -0.2) is 35.2 Å². The highest BCUT2D eigenvalue weighted by molar-refractivity contribution is 9.10. The molecule has 0 spiro atoms. The zero-order valence-electron chi connectivity index (χ0n) is 19.5. The van der Waals surface area contributed by atoms with Gasteiger partial charge in [-0.15, -0.1) is 23.2 Å². The molecule has 3 aromatic rings. The summed E-state index contributed by atoms with van der Waals surface area (Å²) in [4.78, 5) is 50.2. The number of fused-ring (bicyclic) bond motifs is 4. The number of aromatic nitrogens is 3. The maximum absolute atomic E-state index is 14.2. The van der Waals surface area contributed by atoms with Gasteiger partial charge in [0.1, 0.15) is 25.6 Å². The van der Waals surface area contributed by atoms with Crippen molar-refractivity contribution in [3.63, 3.8) is 0 Å². The summed E-state index contributed by atoms with van der Waals surface area (Å²) >= 11 is 29.7. The van der Waals surface area contributed by atoms with Crippen LogP contribution in [0.3, 0.4) is 0 Å². The minimum Gasteiger partial charge on any atom is -0.291 e. The molecular weight excluding hydrogens is 659 g/mol. The van der Waals surface area contributed by atoms with Gasteiger partial charge in [0.15, 0.2) is 11.6 Å². The van der Waals surface area contributed by atoms with Crippen molar-refractivity contribution in [1.82, 2.24) is 13.9 Å². The number of rotatable bonds is 2. The number of benzene rings is 2. The first-order valence-corrected chi connectivity index (χ1v) is 13.9. The number of ketones is 2. The Morgan fingerprint density at radius 2 is 1.59 bits per heavy atom. The predicted octanol–water partition coefficient (Wildman–Crippen LogP) is 5.17. The molecule has 200 valence electrons. The second-order valence-corrected chi connectivity index (χ2v) is 12.3.